The number of nitrogens with two attached hydrogens (primary N) is 1. The van der Waals surface area contributed by atoms with Crippen LogP contribution in [0.1, 0.15) is 15.9 Å². The summed E-state index contributed by atoms with van der Waals surface area (Å²) >= 11 is 4.85. The van der Waals surface area contributed by atoms with Crippen LogP contribution in [0.25, 0.3) is 0 Å². The molecule has 0 aliphatic heterocycles. The molecule has 0 saturated carbocycles. The van der Waals surface area contributed by atoms with Crippen molar-refractivity contribution in [3.05, 3.63) is 35.4 Å². The van der Waals surface area contributed by atoms with E-state index in [4.69, 9.17) is 27.4 Å². The first-order valence-electron chi connectivity index (χ1n) is 5.78. The number of hydrogen-bond acceptors (Lipinski definition) is 4. The zero-order valence-corrected chi connectivity index (χ0v) is 11.8. The van der Waals surface area contributed by atoms with Crippen LogP contribution in [0.5, 0.6) is 0 Å². The molecule has 0 radical (unpaired) electrons. The standard InChI is InChI=1S/C13H18N2O3S/c1-17-8-11(18-2)7-15-13(16)10-5-3-9(4-6-10)12(14)19/h3-6,11H,7-8H2,1-2H3,(H2,14,19)(H,15,16). The van der Waals surface area contributed by atoms with Crippen LogP contribution in [-0.4, -0.2) is 44.4 Å². The maximum atomic E-state index is 11.9. The zero-order chi connectivity index (χ0) is 14.3. The Kier molecular flexibility index (Phi) is 6.41. The van der Waals surface area contributed by atoms with E-state index in [1.54, 1.807) is 38.5 Å². The number of methoxy groups -OCH3 is 2. The molecule has 0 heterocycles. The molecule has 1 amide bonds. The van der Waals surface area contributed by atoms with Crippen LogP contribution in [0.4, 0.5) is 0 Å². The Bertz CT molecular complexity index is 434. The van der Waals surface area contributed by atoms with Gasteiger partial charge in [0.15, 0.2) is 0 Å². The number of carbonyl (C=O) groups is 1. The first-order valence-corrected chi connectivity index (χ1v) is 6.19. The molecule has 1 aromatic rings. The minimum atomic E-state index is -0.173. The normalized spacial score (nSPS) is 11.9. The van der Waals surface area contributed by atoms with Crippen molar-refractivity contribution >= 4 is 23.1 Å². The average molecular weight is 282 g/mol. The number of benzene rings is 1. The van der Waals surface area contributed by atoms with Crippen LogP contribution in [0, 0.1) is 0 Å². The molecule has 1 atom stereocenters. The quantitative estimate of drug-likeness (QED) is 0.721. The van der Waals surface area contributed by atoms with Crippen LogP contribution >= 0.6 is 12.2 Å². The molecule has 3 N–H and O–H groups in total. The van der Waals surface area contributed by atoms with Gasteiger partial charge in [-0.2, -0.15) is 0 Å². The van der Waals surface area contributed by atoms with Gasteiger partial charge in [-0.1, -0.05) is 24.4 Å². The number of amides is 1. The second-order valence-corrected chi connectivity index (χ2v) is 4.40. The Morgan fingerprint density at radius 1 is 1.32 bits per heavy atom. The molecule has 0 saturated heterocycles. The summed E-state index contributed by atoms with van der Waals surface area (Å²) in [5.74, 6) is -0.173. The van der Waals surface area contributed by atoms with E-state index in [2.05, 4.69) is 5.32 Å². The fourth-order valence-corrected chi connectivity index (χ4v) is 1.63. The average Bonchev–Trinajstić information content (AvgIpc) is 2.43. The molecule has 19 heavy (non-hydrogen) atoms. The summed E-state index contributed by atoms with van der Waals surface area (Å²) in [6, 6.07) is 6.81. The van der Waals surface area contributed by atoms with Crippen molar-refractivity contribution in [3.8, 4) is 0 Å². The van der Waals surface area contributed by atoms with E-state index in [0.29, 0.717) is 23.7 Å². The van der Waals surface area contributed by atoms with Crippen LogP contribution in [-0.2, 0) is 9.47 Å². The fourth-order valence-electron chi connectivity index (χ4n) is 1.49. The molecule has 1 aromatic carbocycles. The van der Waals surface area contributed by atoms with E-state index in [1.807, 2.05) is 0 Å². The maximum absolute atomic E-state index is 11.9. The van der Waals surface area contributed by atoms with Crippen molar-refractivity contribution in [1.82, 2.24) is 5.32 Å². The van der Waals surface area contributed by atoms with Crippen LogP contribution in [0.3, 0.4) is 0 Å². The third kappa shape index (κ3) is 4.94. The van der Waals surface area contributed by atoms with Gasteiger partial charge in [-0.3, -0.25) is 4.79 Å². The van der Waals surface area contributed by atoms with Crippen molar-refractivity contribution < 1.29 is 14.3 Å². The lowest BCUT2D eigenvalue weighted by Gasteiger charge is -2.15. The number of hydrogen-bond donors (Lipinski definition) is 2. The Morgan fingerprint density at radius 2 is 1.89 bits per heavy atom. The molecule has 104 valence electrons. The number of ether oxygens (including phenoxy) is 2. The molecular formula is C13H18N2O3S. The van der Waals surface area contributed by atoms with E-state index >= 15 is 0 Å². The molecule has 0 aliphatic carbocycles. The minimum Gasteiger partial charge on any atom is -0.389 e. The second-order valence-electron chi connectivity index (χ2n) is 3.96. The summed E-state index contributed by atoms with van der Waals surface area (Å²) in [4.78, 5) is 12.2. The van der Waals surface area contributed by atoms with Gasteiger partial charge < -0.3 is 20.5 Å². The highest BCUT2D eigenvalue weighted by molar-refractivity contribution is 7.80. The summed E-state index contributed by atoms with van der Waals surface area (Å²) in [5.41, 5.74) is 6.78. The lowest BCUT2D eigenvalue weighted by Crippen LogP contribution is -2.35. The molecule has 1 unspecified atom stereocenters. The summed E-state index contributed by atoms with van der Waals surface area (Å²) < 4.78 is 10.1. The molecule has 6 heteroatoms. The van der Waals surface area contributed by atoms with E-state index in [0.717, 1.165) is 5.56 Å². The van der Waals surface area contributed by atoms with E-state index in [-0.39, 0.29) is 12.0 Å². The van der Waals surface area contributed by atoms with Crippen molar-refractivity contribution in [3.63, 3.8) is 0 Å². The first-order chi connectivity index (χ1) is 9.08. The SMILES string of the molecule is COCC(CNC(=O)c1ccc(C(N)=S)cc1)OC. The number of nitrogens with one attached hydrogen (secondary N) is 1. The van der Waals surface area contributed by atoms with Gasteiger partial charge in [-0.05, 0) is 12.1 Å². The highest BCUT2D eigenvalue weighted by Gasteiger charge is 2.10. The Hall–Kier alpha value is -1.50. The summed E-state index contributed by atoms with van der Waals surface area (Å²) in [6.07, 6.45) is -0.162. The highest BCUT2D eigenvalue weighted by Crippen LogP contribution is 2.04. The molecule has 5 nitrogen and oxygen atoms in total. The molecule has 0 spiro atoms. The Labute approximate surface area is 118 Å². The smallest absolute Gasteiger partial charge is 0.251 e. The van der Waals surface area contributed by atoms with Gasteiger partial charge in [0.2, 0.25) is 0 Å². The minimum absolute atomic E-state index is 0.162. The summed E-state index contributed by atoms with van der Waals surface area (Å²) in [6.45, 7) is 0.817. The third-order valence-corrected chi connectivity index (χ3v) is 2.84. The molecule has 0 aliphatic rings. The van der Waals surface area contributed by atoms with Gasteiger partial charge in [0.25, 0.3) is 5.91 Å². The third-order valence-electron chi connectivity index (χ3n) is 2.61. The molecule has 0 bridgehead atoms. The molecular weight excluding hydrogens is 264 g/mol. The number of thiocarbonyl (C=S) groups is 1. The van der Waals surface area contributed by atoms with Gasteiger partial charge in [0, 0.05) is 31.9 Å². The van der Waals surface area contributed by atoms with Crippen LogP contribution < -0.4 is 11.1 Å². The van der Waals surface area contributed by atoms with E-state index in [9.17, 15) is 4.79 Å². The van der Waals surface area contributed by atoms with E-state index < -0.39 is 0 Å². The van der Waals surface area contributed by atoms with Crippen molar-refractivity contribution in [2.24, 2.45) is 5.73 Å². The monoisotopic (exact) mass is 282 g/mol. The largest absolute Gasteiger partial charge is 0.389 e. The van der Waals surface area contributed by atoms with Gasteiger partial charge in [0.05, 0.1) is 12.7 Å². The van der Waals surface area contributed by atoms with Crippen LogP contribution in [0.15, 0.2) is 24.3 Å². The van der Waals surface area contributed by atoms with Gasteiger partial charge in [-0.25, -0.2) is 0 Å². The lowest BCUT2D eigenvalue weighted by atomic mass is 10.1. The predicted molar refractivity (Wildman–Crippen MR) is 77.3 cm³/mol. The summed E-state index contributed by atoms with van der Waals surface area (Å²) in [7, 11) is 3.16. The fraction of sp³-hybridized carbons (Fsp3) is 0.385. The second kappa shape index (κ2) is 7.83. The Morgan fingerprint density at radius 3 is 2.37 bits per heavy atom. The number of rotatable bonds is 7. The highest BCUT2D eigenvalue weighted by atomic mass is 32.1. The van der Waals surface area contributed by atoms with Crippen LogP contribution in [0.2, 0.25) is 0 Å². The topological polar surface area (TPSA) is 73.6 Å². The number of carbonyl (C=O) groups excluding carboxylic acids is 1. The Balaban J connectivity index is 2.55. The lowest BCUT2D eigenvalue weighted by molar-refractivity contribution is 0.0285. The molecule has 1 rings (SSSR count). The van der Waals surface area contributed by atoms with Gasteiger partial charge in [0.1, 0.15) is 4.99 Å². The maximum Gasteiger partial charge on any atom is 0.251 e. The van der Waals surface area contributed by atoms with Gasteiger partial charge in [-0.15, -0.1) is 0 Å². The first kappa shape index (κ1) is 15.6. The van der Waals surface area contributed by atoms with Crippen molar-refractivity contribution in [2.75, 3.05) is 27.4 Å². The van der Waals surface area contributed by atoms with Gasteiger partial charge >= 0.3 is 0 Å². The molecule has 0 aromatic heterocycles. The van der Waals surface area contributed by atoms with E-state index in [1.165, 1.54) is 0 Å². The van der Waals surface area contributed by atoms with Crippen molar-refractivity contribution in [1.29, 1.82) is 0 Å². The predicted octanol–water partition coefficient (Wildman–Crippen LogP) is 0.712. The molecule has 0 fully saturated rings. The summed E-state index contributed by atoms with van der Waals surface area (Å²) in [5, 5.41) is 2.78. The van der Waals surface area contributed by atoms with Crippen molar-refractivity contribution in [2.45, 2.75) is 6.10 Å². The zero-order valence-electron chi connectivity index (χ0n) is 11.0.